The molecule has 10 atom stereocenters. The Hall–Kier alpha value is -1.30. The molecule has 5 aliphatic heterocycles. The summed E-state index contributed by atoms with van der Waals surface area (Å²) in [6, 6.07) is 9.19. The van der Waals surface area contributed by atoms with E-state index in [1.54, 1.807) is 0 Å². The molecule has 28 heavy (non-hydrogen) atoms. The normalized spacial score (nSPS) is 49.3. The molecule has 7 rings (SSSR count). The lowest BCUT2D eigenvalue weighted by Gasteiger charge is -2.62. The van der Waals surface area contributed by atoms with Crippen molar-refractivity contribution in [2.45, 2.75) is 56.0 Å². The molecule has 5 fully saturated rings. The van der Waals surface area contributed by atoms with Gasteiger partial charge in [-0.1, -0.05) is 36.7 Å². The van der Waals surface area contributed by atoms with Crippen LogP contribution in [0.25, 0.3) is 0 Å². The van der Waals surface area contributed by atoms with Crippen molar-refractivity contribution in [2.24, 2.45) is 23.7 Å². The lowest BCUT2D eigenvalue weighted by molar-refractivity contribution is -0.210. The Bertz CT molecular complexity index is 849. The molecule has 6 aliphatic rings. The number of carbonyl (C=O) groups excluding carboxylic acids is 1. The van der Waals surface area contributed by atoms with E-state index in [-0.39, 0.29) is 53.3 Å². The van der Waals surface area contributed by atoms with Crippen molar-refractivity contribution in [3.63, 3.8) is 0 Å². The molecule has 0 amide bonds. The largest absolute Gasteiger partial charge is 0.449 e. The first-order chi connectivity index (χ1) is 13.6. The molecule has 0 aromatic heterocycles. The van der Waals surface area contributed by atoms with E-state index in [1.165, 1.54) is 11.3 Å². The third kappa shape index (κ3) is 1.72. The molecule has 1 aliphatic carbocycles. The lowest BCUT2D eigenvalue weighted by Crippen LogP contribution is -2.72. The van der Waals surface area contributed by atoms with Crippen molar-refractivity contribution in [2.75, 3.05) is 18.0 Å². The molecular weight excluding hydrogens is 376 g/mol. The van der Waals surface area contributed by atoms with E-state index in [0.717, 1.165) is 19.3 Å². The number of anilines is 1. The van der Waals surface area contributed by atoms with E-state index in [1.807, 2.05) is 0 Å². The molecule has 6 heteroatoms. The molecule has 5 heterocycles. The maximum atomic E-state index is 13.4. The number of fused-ring (bicyclic) bond motifs is 2. The predicted octanol–water partition coefficient (Wildman–Crippen LogP) is 2.55. The summed E-state index contributed by atoms with van der Waals surface area (Å²) in [5, 5.41) is 11.2. The van der Waals surface area contributed by atoms with E-state index < -0.39 is 6.23 Å². The molecule has 1 saturated carbocycles. The first kappa shape index (κ1) is 17.5. The van der Waals surface area contributed by atoms with Crippen LogP contribution in [0.5, 0.6) is 0 Å². The van der Waals surface area contributed by atoms with Crippen LogP contribution in [-0.4, -0.2) is 53.4 Å². The maximum absolute atomic E-state index is 13.4. The van der Waals surface area contributed by atoms with Crippen molar-refractivity contribution < 1.29 is 14.6 Å². The minimum atomic E-state index is -0.395. The number of para-hydroxylation sites is 1. The highest BCUT2D eigenvalue weighted by Crippen LogP contribution is 2.71. The van der Waals surface area contributed by atoms with Crippen LogP contribution in [0.2, 0.25) is 0 Å². The molecule has 0 radical (unpaired) electrons. The van der Waals surface area contributed by atoms with E-state index in [4.69, 9.17) is 16.3 Å². The first-order valence-electron chi connectivity index (χ1n) is 10.6. The third-order valence-electron chi connectivity index (χ3n) is 8.96. The minimum absolute atomic E-state index is 0.0946. The maximum Gasteiger partial charge on any atom is 0.311 e. The number of alkyl halides is 1. The van der Waals surface area contributed by atoms with Crippen LogP contribution in [0.4, 0.5) is 5.69 Å². The van der Waals surface area contributed by atoms with Gasteiger partial charge in [0.15, 0.2) is 6.07 Å². The minimum Gasteiger partial charge on any atom is -0.449 e. The van der Waals surface area contributed by atoms with Gasteiger partial charge < -0.3 is 14.7 Å². The second kappa shape index (κ2) is 5.65. The first-order valence-corrected chi connectivity index (χ1v) is 11.1. The second-order valence-electron chi connectivity index (χ2n) is 9.41. The fraction of sp³-hybridized carbons (Fsp3) is 0.682. The molecule has 4 saturated heterocycles. The average molecular weight is 403 g/mol. The number of likely N-dealkylation sites (N-methyl/N-ethyl adjacent to an activating group) is 1. The van der Waals surface area contributed by atoms with E-state index in [0.29, 0.717) is 5.92 Å². The van der Waals surface area contributed by atoms with Gasteiger partial charge in [-0.3, -0.25) is 9.69 Å². The zero-order valence-corrected chi connectivity index (χ0v) is 17.0. The van der Waals surface area contributed by atoms with Crippen LogP contribution in [-0.2, 0) is 14.9 Å². The number of carbonyl (C=O) groups is 1. The summed E-state index contributed by atoms with van der Waals surface area (Å²) in [5.74, 6) is 0.520. The zero-order chi connectivity index (χ0) is 19.4. The van der Waals surface area contributed by atoms with Crippen LogP contribution < -0.4 is 4.90 Å². The Balaban J connectivity index is 1.60. The fourth-order valence-corrected chi connectivity index (χ4v) is 8.55. The number of halogens is 1. The smallest absolute Gasteiger partial charge is 0.311 e. The van der Waals surface area contributed by atoms with Crippen LogP contribution in [0.15, 0.2) is 24.3 Å². The fourth-order valence-electron chi connectivity index (χ4n) is 8.44. The zero-order valence-electron chi connectivity index (χ0n) is 16.3. The molecular formula is C22H27ClN2O3. The van der Waals surface area contributed by atoms with Crippen LogP contribution in [0.1, 0.15) is 31.7 Å². The van der Waals surface area contributed by atoms with Gasteiger partial charge in [-0.2, -0.15) is 0 Å². The highest BCUT2D eigenvalue weighted by atomic mass is 35.5. The molecule has 1 N–H and O–H groups in total. The standard InChI is InChI=1S/C22H27ClN2O3/c1-3-11-12-8-15-19-22(13-6-4-5-7-14(13)24(19)2)9-16(25(15)20(11)26)17(12)18(22)21(27)28-10-23/h4-7,11-12,15-20,26H,3,8-10H2,1-2H3/t11-,12?,15-,16-,17?,18?,19-,20+,22-/m0/s1. The van der Waals surface area contributed by atoms with E-state index in [9.17, 15) is 9.90 Å². The number of rotatable bonds is 3. The quantitative estimate of drug-likeness (QED) is 0.622. The molecule has 5 bridgehead atoms. The number of nitrogens with zero attached hydrogens (tertiary/aromatic N) is 2. The van der Waals surface area contributed by atoms with Crippen molar-refractivity contribution >= 4 is 23.3 Å². The van der Waals surface area contributed by atoms with Gasteiger partial charge in [-0.15, -0.1) is 0 Å². The topological polar surface area (TPSA) is 53.0 Å². The molecule has 1 aromatic carbocycles. The van der Waals surface area contributed by atoms with Gasteiger partial charge in [-0.05, 0) is 42.7 Å². The van der Waals surface area contributed by atoms with Crippen LogP contribution >= 0.6 is 11.6 Å². The van der Waals surface area contributed by atoms with Gasteiger partial charge >= 0.3 is 5.97 Å². The Morgan fingerprint density at radius 3 is 2.89 bits per heavy atom. The van der Waals surface area contributed by atoms with Crippen LogP contribution in [0.3, 0.4) is 0 Å². The van der Waals surface area contributed by atoms with Crippen LogP contribution in [0, 0.1) is 23.7 Å². The van der Waals surface area contributed by atoms with Crippen molar-refractivity contribution in [3.8, 4) is 0 Å². The van der Waals surface area contributed by atoms with Gasteiger partial charge in [0.25, 0.3) is 0 Å². The summed E-state index contributed by atoms with van der Waals surface area (Å²) in [6.07, 6.45) is 2.53. The summed E-state index contributed by atoms with van der Waals surface area (Å²) >= 11 is 5.84. The SMILES string of the molecule is CC[C@H]1C2C[C@H]3[C@@H]4N(C)c5ccccc5[C@]45C[C@@H](C2C5C(=O)OCCl)N3[C@@H]1O. The van der Waals surface area contributed by atoms with Gasteiger partial charge in [0.1, 0.15) is 6.23 Å². The summed E-state index contributed by atoms with van der Waals surface area (Å²) < 4.78 is 5.47. The second-order valence-corrected chi connectivity index (χ2v) is 9.63. The number of benzene rings is 1. The summed E-state index contributed by atoms with van der Waals surface area (Å²) in [6.45, 7) is 2.16. The monoisotopic (exact) mass is 402 g/mol. The van der Waals surface area contributed by atoms with Gasteiger partial charge in [-0.25, -0.2) is 0 Å². The van der Waals surface area contributed by atoms with Gasteiger partial charge in [0, 0.05) is 36.2 Å². The number of aliphatic hydroxyl groups excluding tert-OH is 1. The van der Waals surface area contributed by atoms with Crippen molar-refractivity contribution in [3.05, 3.63) is 29.8 Å². The molecule has 4 unspecified atom stereocenters. The van der Waals surface area contributed by atoms with E-state index >= 15 is 0 Å². The summed E-state index contributed by atoms with van der Waals surface area (Å²) in [7, 11) is 2.16. The molecule has 150 valence electrons. The Morgan fingerprint density at radius 2 is 2.14 bits per heavy atom. The van der Waals surface area contributed by atoms with Crippen molar-refractivity contribution in [1.82, 2.24) is 4.90 Å². The van der Waals surface area contributed by atoms with Gasteiger partial charge in [0.05, 0.1) is 12.0 Å². The predicted molar refractivity (Wildman–Crippen MR) is 106 cm³/mol. The highest BCUT2D eigenvalue weighted by molar-refractivity contribution is 6.17. The molecule has 1 spiro atoms. The van der Waals surface area contributed by atoms with Crippen molar-refractivity contribution in [1.29, 1.82) is 0 Å². The molecule has 1 aromatic rings. The van der Waals surface area contributed by atoms with Gasteiger partial charge in [0.2, 0.25) is 0 Å². The number of aliphatic hydroxyl groups is 1. The summed E-state index contributed by atoms with van der Waals surface area (Å²) in [5.41, 5.74) is 2.28. The third-order valence-corrected chi connectivity index (χ3v) is 9.07. The lowest BCUT2D eigenvalue weighted by atomic mass is 9.62. The highest BCUT2D eigenvalue weighted by Gasteiger charge is 2.77. The number of esters is 1. The average Bonchev–Trinajstić information content (AvgIpc) is 3.10. The Labute approximate surface area is 170 Å². The summed E-state index contributed by atoms with van der Waals surface area (Å²) in [4.78, 5) is 18.1. The number of hydrogen-bond acceptors (Lipinski definition) is 5. The Morgan fingerprint density at radius 1 is 1.36 bits per heavy atom. The Kier molecular flexibility index (Phi) is 3.54. The van der Waals surface area contributed by atoms with E-state index in [2.05, 4.69) is 48.0 Å². The number of piperidine rings is 4. The molecule has 5 nitrogen and oxygen atoms in total. The number of ether oxygens (including phenoxy) is 1. The number of hydrogen-bond donors (Lipinski definition) is 1.